The summed E-state index contributed by atoms with van der Waals surface area (Å²) in [5.74, 6) is 3.00. The van der Waals surface area contributed by atoms with Crippen LogP contribution in [0.4, 0.5) is 0 Å². The van der Waals surface area contributed by atoms with Crippen molar-refractivity contribution in [3.8, 4) is 0 Å². The maximum atomic E-state index is 10.9. The van der Waals surface area contributed by atoms with Crippen molar-refractivity contribution in [1.29, 1.82) is 0 Å². The molecule has 5 heteroatoms. The minimum atomic E-state index is -3.45. The lowest BCUT2D eigenvalue weighted by molar-refractivity contribution is 0.609. The van der Waals surface area contributed by atoms with E-state index in [1.54, 1.807) is 0 Å². The van der Waals surface area contributed by atoms with Crippen molar-refractivity contribution in [3.05, 3.63) is 35.4 Å². The van der Waals surface area contributed by atoms with Crippen LogP contribution in [0.15, 0.2) is 24.3 Å². The van der Waals surface area contributed by atoms with E-state index in [2.05, 4.69) is 0 Å². The zero-order valence-electron chi connectivity index (χ0n) is 9.43. The molecule has 0 radical (unpaired) electrons. The molecule has 0 saturated carbocycles. The van der Waals surface area contributed by atoms with E-state index in [1.807, 2.05) is 36.0 Å². The van der Waals surface area contributed by atoms with Gasteiger partial charge < -0.3 is 0 Å². The largest absolute Gasteiger partial charge is 0.236 e. The normalized spacial score (nSPS) is 18.2. The predicted octanol–water partition coefficient (Wildman–Crippen LogP) is 3.37. The van der Waals surface area contributed by atoms with E-state index >= 15 is 0 Å². The van der Waals surface area contributed by atoms with Gasteiger partial charge in [0, 0.05) is 10.7 Å². The Hall–Kier alpha value is -0.190. The number of halogens is 1. The Bertz CT molecular complexity index is 462. The first-order valence-electron chi connectivity index (χ1n) is 5.63. The van der Waals surface area contributed by atoms with Crippen LogP contribution < -0.4 is 0 Å². The summed E-state index contributed by atoms with van der Waals surface area (Å²) in [6, 6.07) is 7.82. The average Bonchev–Trinajstić information content (AvgIpc) is 2.29. The van der Waals surface area contributed by atoms with Gasteiger partial charge in [-0.25, -0.2) is 8.42 Å². The first kappa shape index (κ1) is 13.2. The quantitative estimate of drug-likeness (QED) is 0.801. The smallest absolute Gasteiger partial charge is 0.212 e. The Morgan fingerprint density at radius 1 is 1.18 bits per heavy atom. The summed E-state index contributed by atoms with van der Waals surface area (Å²) in [4.78, 5) is 0. The molecule has 17 heavy (non-hydrogen) atoms. The average molecular weight is 291 g/mol. The van der Waals surface area contributed by atoms with E-state index in [0.29, 0.717) is 5.92 Å². The minimum Gasteiger partial charge on any atom is -0.212 e. The Balaban J connectivity index is 2.07. The van der Waals surface area contributed by atoms with Crippen molar-refractivity contribution in [3.63, 3.8) is 0 Å². The van der Waals surface area contributed by atoms with Crippen LogP contribution in [-0.2, 0) is 14.8 Å². The second-order valence-corrected chi connectivity index (χ2v) is 8.31. The molecule has 0 N–H and O–H groups in total. The summed E-state index contributed by atoms with van der Waals surface area (Å²) in [7, 11) is 1.78. The van der Waals surface area contributed by atoms with Crippen molar-refractivity contribution < 1.29 is 8.42 Å². The zero-order valence-corrected chi connectivity index (χ0v) is 11.8. The molecule has 1 aromatic rings. The minimum absolute atomic E-state index is 0.0879. The van der Waals surface area contributed by atoms with E-state index in [0.717, 1.165) is 5.56 Å². The van der Waals surface area contributed by atoms with Crippen molar-refractivity contribution >= 4 is 31.5 Å². The molecule has 2 nitrogen and oxygen atoms in total. The molecule has 0 aromatic heterocycles. The lowest BCUT2D eigenvalue weighted by Gasteiger charge is -2.21. The lowest BCUT2D eigenvalue weighted by atomic mass is 9.93. The molecule has 1 aliphatic rings. The Kier molecular flexibility index (Phi) is 4.39. The Morgan fingerprint density at radius 3 is 2.29 bits per heavy atom. The highest BCUT2D eigenvalue weighted by atomic mass is 35.7. The topological polar surface area (TPSA) is 34.1 Å². The van der Waals surface area contributed by atoms with Gasteiger partial charge in [0.05, 0.1) is 5.75 Å². The molecular formula is C12H15ClO2S2. The van der Waals surface area contributed by atoms with E-state index in [9.17, 15) is 8.42 Å². The fourth-order valence-corrected chi connectivity index (χ4v) is 4.19. The standard InChI is InChI=1S/C12H15ClO2S2/c13-17(14,15)9-10-1-3-11(4-2-10)12-5-7-16-8-6-12/h1-4,12H,5-9H2. The number of hydrogen-bond acceptors (Lipinski definition) is 3. The van der Waals surface area contributed by atoms with E-state index < -0.39 is 9.05 Å². The lowest BCUT2D eigenvalue weighted by Crippen LogP contribution is -2.07. The van der Waals surface area contributed by atoms with Gasteiger partial charge in [0.25, 0.3) is 0 Å². The van der Waals surface area contributed by atoms with Gasteiger partial charge in [-0.15, -0.1) is 0 Å². The zero-order chi connectivity index (χ0) is 12.3. The van der Waals surface area contributed by atoms with Gasteiger partial charge in [0.1, 0.15) is 0 Å². The molecule has 0 bridgehead atoms. The van der Waals surface area contributed by atoms with E-state index in [4.69, 9.17) is 10.7 Å². The molecule has 2 rings (SSSR count). The van der Waals surface area contributed by atoms with Gasteiger partial charge in [-0.2, -0.15) is 11.8 Å². The first-order valence-corrected chi connectivity index (χ1v) is 9.27. The molecule has 1 fully saturated rings. The van der Waals surface area contributed by atoms with Gasteiger partial charge in [-0.3, -0.25) is 0 Å². The molecule has 0 atom stereocenters. The highest BCUT2D eigenvalue weighted by molar-refractivity contribution is 8.13. The maximum absolute atomic E-state index is 10.9. The van der Waals surface area contributed by atoms with Crippen molar-refractivity contribution in [1.82, 2.24) is 0 Å². The summed E-state index contributed by atoms with van der Waals surface area (Å²) in [6.07, 6.45) is 2.44. The van der Waals surface area contributed by atoms with Crippen LogP contribution in [0.25, 0.3) is 0 Å². The van der Waals surface area contributed by atoms with E-state index in [1.165, 1.54) is 29.9 Å². The number of rotatable bonds is 3. The van der Waals surface area contributed by atoms with Crippen molar-refractivity contribution in [2.75, 3.05) is 11.5 Å². The van der Waals surface area contributed by atoms with Crippen LogP contribution in [0, 0.1) is 0 Å². The van der Waals surface area contributed by atoms with Crippen LogP contribution in [0.5, 0.6) is 0 Å². The molecule has 0 unspecified atom stereocenters. The fraction of sp³-hybridized carbons (Fsp3) is 0.500. The Labute approximate surface area is 111 Å². The highest BCUT2D eigenvalue weighted by Crippen LogP contribution is 2.31. The number of hydrogen-bond donors (Lipinski definition) is 0. The fourth-order valence-electron chi connectivity index (χ4n) is 2.12. The summed E-state index contributed by atoms with van der Waals surface area (Å²) >= 11 is 2.01. The van der Waals surface area contributed by atoms with Crippen LogP contribution in [0.3, 0.4) is 0 Å². The third kappa shape index (κ3) is 4.19. The predicted molar refractivity (Wildman–Crippen MR) is 74.2 cm³/mol. The molecule has 0 amide bonds. The van der Waals surface area contributed by atoms with Crippen molar-refractivity contribution in [2.24, 2.45) is 0 Å². The third-order valence-corrected chi connectivity index (χ3v) is 5.07. The molecule has 94 valence electrons. The van der Waals surface area contributed by atoms with Gasteiger partial charge in [0.2, 0.25) is 9.05 Å². The van der Waals surface area contributed by atoms with Crippen molar-refractivity contribution in [2.45, 2.75) is 24.5 Å². The van der Waals surface area contributed by atoms with Crippen LogP contribution >= 0.6 is 22.4 Å². The SMILES string of the molecule is O=S(=O)(Cl)Cc1ccc(C2CCSCC2)cc1. The molecule has 1 aromatic carbocycles. The first-order chi connectivity index (χ1) is 8.04. The van der Waals surface area contributed by atoms with Gasteiger partial charge in [0.15, 0.2) is 0 Å². The van der Waals surface area contributed by atoms with Crippen LogP contribution in [0.2, 0.25) is 0 Å². The summed E-state index contributed by atoms with van der Waals surface area (Å²) in [6.45, 7) is 0. The number of benzene rings is 1. The molecule has 1 heterocycles. The van der Waals surface area contributed by atoms with Crippen LogP contribution in [0.1, 0.15) is 29.9 Å². The summed E-state index contributed by atoms with van der Waals surface area (Å²) < 4.78 is 21.9. The van der Waals surface area contributed by atoms with Gasteiger partial charge >= 0.3 is 0 Å². The second-order valence-electron chi connectivity index (χ2n) is 4.31. The van der Waals surface area contributed by atoms with Gasteiger partial charge in [-0.1, -0.05) is 24.3 Å². The second kappa shape index (κ2) is 5.63. The molecule has 0 aliphatic carbocycles. The number of thioether (sulfide) groups is 1. The summed E-state index contributed by atoms with van der Waals surface area (Å²) in [5.41, 5.74) is 2.08. The Morgan fingerprint density at radius 2 is 1.76 bits per heavy atom. The highest BCUT2D eigenvalue weighted by Gasteiger charge is 2.15. The van der Waals surface area contributed by atoms with Crippen LogP contribution in [-0.4, -0.2) is 19.9 Å². The molecule has 1 saturated heterocycles. The van der Waals surface area contributed by atoms with Gasteiger partial charge in [-0.05, 0) is 41.4 Å². The molecule has 0 spiro atoms. The third-order valence-electron chi connectivity index (χ3n) is 3.01. The van der Waals surface area contributed by atoms with E-state index in [-0.39, 0.29) is 5.75 Å². The molecule has 1 aliphatic heterocycles. The maximum Gasteiger partial charge on any atom is 0.236 e. The summed E-state index contributed by atoms with van der Waals surface area (Å²) in [5, 5.41) is 0. The monoisotopic (exact) mass is 290 g/mol. The molecular weight excluding hydrogens is 276 g/mol.